The van der Waals surface area contributed by atoms with Gasteiger partial charge in [-0.05, 0) is 20.3 Å². The second-order valence-corrected chi connectivity index (χ2v) is 4.44. The van der Waals surface area contributed by atoms with Crippen LogP contribution in [0.25, 0.3) is 11.2 Å². The highest BCUT2D eigenvalue weighted by Gasteiger charge is 2.20. The summed E-state index contributed by atoms with van der Waals surface area (Å²) in [6.07, 6.45) is 0.855. The van der Waals surface area contributed by atoms with E-state index in [1.165, 1.54) is 0 Å². The third-order valence-electron chi connectivity index (χ3n) is 3.10. The molecule has 0 aliphatic rings. The topological polar surface area (TPSA) is 70.9 Å². The fraction of sp³-hybridized carbons (Fsp3) is 0.667. The maximum atomic E-state index is 6.02. The maximum Gasteiger partial charge on any atom is 0.202 e. The van der Waals surface area contributed by atoms with Crippen LogP contribution in [0.1, 0.15) is 32.5 Å². The third-order valence-corrected chi connectivity index (χ3v) is 3.10. The SMILES string of the molecule is CCOCC(C)n1c(N)nc2c(CC)nn(C)c21. The zero-order chi connectivity index (χ0) is 13.3. The lowest BCUT2D eigenvalue weighted by atomic mass is 10.3. The Balaban J connectivity index is 2.49. The van der Waals surface area contributed by atoms with E-state index in [1.54, 1.807) is 0 Å². The molecule has 0 bridgehead atoms. The average molecular weight is 251 g/mol. The van der Waals surface area contributed by atoms with Crippen molar-refractivity contribution in [1.82, 2.24) is 19.3 Å². The maximum absolute atomic E-state index is 6.02. The molecule has 100 valence electrons. The standard InChI is InChI=1S/C12H21N5O/c1-5-9-10-11(16(4)15-9)17(12(13)14-10)8(3)7-18-6-2/h8H,5-7H2,1-4H3,(H2,13,14). The highest BCUT2D eigenvalue weighted by Crippen LogP contribution is 2.25. The molecular formula is C12H21N5O. The number of aromatic nitrogens is 4. The largest absolute Gasteiger partial charge is 0.380 e. The van der Waals surface area contributed by atoms with Crippen molar-refractivity contribution in [2.45, 2.75) is 33.2 Å². The first-order chi connectivity index (χ1) is 8.60. The molecule has 2 aromatic heterocycles. The van der Waals surface area contributed by atoms with E-state index >= 15 is 0 Å². The predicted octanol–water partition coefficient (Wildman–Crippen LogP) is 1.51. The zero-order valence-electron chi connectivity index (χ0n) is 11.5. The molecular weight excluding hydrogens is 230 g/mol. The number of aryl methyl sites for hydroxylation is 2. The van der Waals surface area contributed by atoms with Crippen LogP contribution in [0.5, 0.6) is 0 Å². The molecule has 6 nitrogen and oxygen atoms in total. The van der Waals surface area contributed by atoms with Gasteiger partial charge >= 0.3 is 0 Å². The number of fused-ring (bicyclic) bond motifs is 1. The van der Waals surface area contributed by atoms with E-state index in [2.05, 4.69) is 23.9 Å². The third kappa shape index (κ3) is 1.96. The van der Waals surface area contributed by atoms with Gasteiger partial charge in [0.15, 0.2) is 5.65 Å². The summed E-state index contributed by atoms with van der Waals surface area (Å²) in [5.74, 6) is 0.528. The van der Waals surface area contributed by atoms with Gasteiger partial charge < -0.3 is 10.5 Å². The molecule has 1 unspecified atom stereocenters. The number of ether oxygens (including phenoxy) is 1. The Morgan fingerprint density at radius 3 is 2.72 bits per heavy atom. The van der Waals surface area contributed by atoms with Gasteiger partial charge in [-0.3, -0.25) is 9.25 Å². The number of hydrogen-bond acceptors (Lipinski definition) is 4. The summed E-state index contributed by atoms with van der Waals surface area (Å²) in [6, 6.07) is 0.148. The van der Waals surface area contributed by atoms with Crippen molar-refractivity contribution < 1.29 is 4.74 Å². The fourth-order valence-electron chi connectivity index (χ4n) is 2.26. The molecule has 0 saturated heterocycles. The Morgan fingerprint density at radius 2 is 2.11 bits per heavy atom. The molecule has 0 amide bonds. The van der Waals surface area contributed by atoms with Gasteiger partial charge in [0.05, 0.1) is 18.3 Å². The lowest BCUT2D eigenvalue weighted by molar-refractivity contribution is 0.120. The summed E-state index contributed by atoms with van der Waals surface area (Å²) in [4.78, 5) is 4.44. The van der Waals surface area contributed by atoms with Crippen molar-refractivity contribution in [2.24, 2.45) is 7.05 Å². The molecule has 2 rings (SSSR count). The van der Waals surface area contributed by atoms with E-state index in [4.69, 9.17) is 10.5 Å². The Hall–Kier alpha value is -1.56. The molecule has 0 aliphatic carbocycles. The smallest absolute Gasteiger partial charge is 0.202 e. The number of nitrogens with zero attached hydrogens (tertiary/aromatic N) is 4. The summed E-state index contributed by atoms with van der Waals surface area (Å²) >= 11 is 0. The van der Waals surface area contributed by atoms with Crippen LogP contribution >= 0.6 is 0 Å². The van der Waals surface area contributed by atoms with E-state index < -0.39 is 0 Å². The highest BCUT2D eigenvalue weighted by molar-refractivity contribution is 5.78. The minimum Gasteiger partial charge on any atom is -0.380 e. The van der Waals surface area contributed by atoms with Crippen LogP contribution in [0.15, 0.2) is 0 Å². The number of nitrogen functional groups attached to an aromatic ring is 1. The highest BCUT2D eigenvalue weighted by atomic mass is 16.5. The van der Waals surface area contributed by atoms with Crippen molar-refractivity contribution in [2.75, 3.05) is 18.9 Å². The van der Waals surface area contributed by atoms with E-state index in [0.717, 1.165) is 23.3 Å². The Morgan fingerprint density at radius 1 is 1.39 bits per heavy atom. The summed E-state index contributed by atoms with van der Waals surface area (Å²) in [5, 5.41) is 4.47. The van der Waals surface area contributed by atoms with Crippen molar-refractivity contribution in [3.8, 4) is 0 Å². The molecule has 2 N–H and O–H groups in total. The van der Waals surface area contributed by atoms with E-state index in [0.29, 0.717) is 19.2 Å². The van der Waals surface area contributed by atoms with Crippen LogP contribution in [0.4, 0.5) is 5.95 Å². The molecule has 0 fully saturated rings. The van der Waals surface area contributed by atoms with Crippen LogP contribution in [0.3, 0.4) is 0 Å². The van der Waals surface area contributed by atoms with Gasteiger partial charge in [0.25, 0.3) is 0 Å². The Kier molecular flexibility index (Phi) is 3.56. The molecule has 2 heterocycles. The van der Waals surface area contributed by atoms with E-state index in [1.807, 2.05) is 23.2 Å². The van der Waals surface area contributed by atoms with Gasteiger partial charge in [-0.1, -0.05) is 6.92 Å². The number of rotatable bonds is 5. The fourth-order valence-corrected chi connectivity index (χ4v) is 2.26. The molecule has 0 saturated carbocycles. The number of imidazole rings is 1. The molecule has 2 aromatic rings. The van der Waals surface area contributed by atoms with Crippen LogP contribution in [-0.2, 0) is 18.2 Å². The minimum atomic E-state index is 0.148. The average Bonchev–Trinajstić information content (AvgIpc) is 2.83. The van der Waals surface area contributed by atoms with Gasteiger partial charge in [0, 0.05) is 13.7 Å². The first-order valence-corrected chi connectivity index (χ1v) is 6.37. The Labute approximate surface area is 107 Å². The second kappa shape index (κ2) is 4.97. The van der Waals surface area contributed by atoms with Gasteiger partial charge in [0.1, 0.15) is 5.52 Å². The van der Waals surface area contributed by atoms with Crippen LogP contribution in [0, 0.1) is 0 Å². The molecule has 0 spiro atoms. The molecule has 18 heavy (non-hydrogen) atoms. The van der Waals surface area contributed by atoms with Crippen LogP contribution in [0.2, 0.25) is 0 Å². The lowest BCUT2D eigenvalue weighted by Gasteiger charge is -2.15. The first-order valence-electron chi connectivity index (χ1n) is 6.37. The molecule has 6 heteroatoms. The van der Waals surface area contributed by atoms with E-state index in [-0.39, 0.29) is 6.04 Å². The zero-order valence-corrected chi connectivity index (χ0v) is 11.5. The molecule has 1 atom stereocenters. The monoisotopic (exact) mass is 251 g/mol. The van der Waals surface area contributed by atoms with Gasteiger partial charge in [-0.25, -0.2) is 4.98 Å². The number of hydrogen-bond donors (Lipinski definition) is 1. The lowest BCUT2D eigenvalue weighted by Crippen LogP contribution is -2.16. The Bertz CT molecular complexity index is 542. The van der Waals surface area contributed by atoms with Crippen molar-refractivity contribution in [3.05, 3.63) is 5.69 Å². The summed E-state index contributed by atoms with van der Waals surface area (Å²) in [6.45, 7) is 7.46. The van der Waals surface area contributed by atoms with Gasteiger partial charge in [0.2, 0.25) is 5.95 Å². The summed E-state index contributed by atoms with van der Waals surface area (Å²) in [5.41, 5.74) is 8.88. The molecule has 0 radical (unpaired) electrons. The van der Waals surface area contributed by atoms with Crippen LogP contribution in [-0.4, -0.2) is 32.5 Å². The second-order valence-electron chi connectivity index (χ2n) is 4.44. The molecule has 0 aromatic carbocycles. The first kappa shape index (κ1) is 12.9. The minimum absolute atomic E-state index is 0.148. The van der Waals surface area contributed by atoms with Gasteiger partial charge in [-0.2, -0.15) is 5.10 Å². The summed E-state index contributed by atoms with van der Waals surface area (Å²) in [7, 11) is 1.92. The molecule has 0 aliphatic heterocycles. The van der Waals surface area contributed by atoms with Crippen molar-refractivity contribution >= 4 is 17.1 Å². The van der Waals surface area contributed by atoms with Crippen molar-refractivity contribution in [1.29, 1.82) is 0 Å². The number of anilines is 1. The summed E-state index contributed by atoms with van der Waals surface area (Å²) < 4.78 is 9.31. The quantitative estimate of drug-likeness (QED) is 0.874. The van der Waals surface area contributed by atoms with Crippen LogP contribution < -0.4 is 5.73 Å². The van der Waals surface area contributed by atoms with Gasteiger partial charge in [-0.15, -0.1) is 0 Å². The van der Waals surface area contributed by atoms with E-state index in [9.17, 15) is 0 Å². The predicted molar refractivity (Wildman–Crippen MR) is 71.5 cm³/mol. The normalized spacial score (nSPS) is 13.3. The number of nitrogens with two attached hydrogens (primary N) is 1. The van der Waals surface area contributed by atoms with Crippen molar-refractivity contribution in [3.63, 3.8) is 0 Å².